The van der Waals surface area contributed by atoms with E-state index in [1.54, 1.807) is 18.2 Å². The Labute approximate surface area is 142 Å². The Balaban J connectivity index is 2.46. The predicted octanol–water partition coefficient (Wildman–Crippen LogP) is 5.98. The number of nitrogens with one attached hydrogen (secondary N) is 1. The van der Waals surface area contributed by atoms with Gasteiger partial charge >= 0.3 is 0 Å². The summed E-state index contributed by atoms with van der Waals surface area (Å²) >= 11 is 15.5. The molecule has 0 amide bonds. The number of halogens is 4. The first-order valence-electron chi connectivity index (χ1n) is 6.66. The molecule has 0 aliphatic carbocycles. The fourth-order valence-corrected chi connectivity index (χ4v) is 3.00. The van der Waals surface area contributed by atoms with Gasteiger partial charge in [0, 0.05) is 20.1 Å². The van der Waals surface area contributed by atoms with Gasteiger partial charge in [0.1, 0.15) is 5.82 Å². The van der Waals surface area contributed by atoms with Crippen molar-refractivity contribution in [3.8, 4) is 0 Å². The summed E-state index contributed by atoms with van der Waals surface area (Å²) in [6.45, 7) is 2.82. The molecule has 2 rings (SSSR count). The molecule has 0 aliphatic rings. The number of rotatable bonds is 5. The van der Waals surface area contributed by atoms with Gasteiger partial charge in [-0.3, -0.25) is 0 Å². The van der Waals surface area contributed by atoms with Gasteiger partial charge in [-0.2, -0.15) is 0 Å². The van der Waals surface area contributed by atoms with Gasteiger partial charge < -0.3 is 5.32 Å². The van der Waals surface area contributed by atoms with Crippen LogP contribution in [0.3, 0.4) is 0 Å². The van der Waals surface area contributed by atoms with E-state index in [1.807, 2.05) is 12.1 Å². The third-order valence-electron chi connectivity index (χ3n) is 3.15. The molecule has 0 aromatic heterocycles. The summed E-state index contributed by atoms with van der Waals surface area (Å²) in [5.74, 6) is -0.274. The van der Waals surface area contributed by atoms with Gasteiger partial charge in [-0.25, -0.2) is 4.39 Å². The van der Waals surface area contributed by atoms with Gasteiger partial charge in [-0.15, -0.1) is 0 Å². The molecule has 1 atom stereocenters. The fourth-order valence-electron chi connectivity index (χ4n) is 2.15. The largest absolute Gasteiger partial charge is 0.306 e. The molecule has 0 radical (unpaired) electrons. The van der Waals surface area contributed by atoms with E-state index < -0.39 is 0 Å². The second-order valence-corrected chi connectivity index (χ2v) is 6.48. The highest BCUT2D eigenvalue weighted by Gasteiger charge is 2.20. The molecule has 112 valence electrons. The topological polar surface area (TPSA) is 12.0 Å². The molecule has 0 saturated heterocycles. The molecule has 5 heteroatoms. The van der Waals surface area contributed by atoms with Crippen molar-refractivity contribution < 1.29 is 4.39 Å². The van der Waals surface area contributed by atoms with Crippen molar-refractivity contribution in [1.29, 1.82) is 0 Å². The normalized spacial score (nSPS) is 12.4. The van der Waals surface area contributed by atoms with E-state index in [1.165, 1.54) is 6.07 Å². The minimum Gasteiger partial charge on any atom is -0.306 e. The molecule has 0 saturated carbocycles. The minimum absolute atomic E-state index is 0.274. The first kappa shape index (κ1) is 16.8. The second kappa shape index (κ2) is 7.59. The maximum atomic E-state index is 14.3. The molecule has 21 heavy (non-hydrogen) atoms. The summed E-state index contributed by atoms with van der Waals surface area (Å²) in [6, 6.07) is 10.0. The Kier molecular flexibility index (Phi) is 6.06. The van der Waals surface area contributed by atoms with Crippen LogP contribution < -0.4 is 5.32 Å². The summed E-state index contributed by atoms with van der Waals surface area (Å²) < 4.78 is 15.0. The zero-order chi connectivity index (χ0) is 15.4. The second-order valence-electron chi connectivity index (χ2n) is 4.72. The van der Waals surface area contributed by atoms with Crippen molar-refractivity contribution in [2.24, 2.45) is 0 Å². The molecule has 1 nitrogen and oxygen atoms in total. The lowest BCUT2D eigenvalue weighted by molar-refractivity contribution is 0.546. The lowest BCUT2D eigenvalue weighted by atomic mass is 9.98. The Bertz CT molecular complexity index is 582. The zero-order valence-corrected chi connectivity index (χ0v) is 14.6. The van der Waals surface area contributed by atoms with Gasteiger partial charge in [0.15, 0.2) is 0 Å². The molecular formula is C16H15BrCl2FN. The highest BCUT2D eigenvalue weighted by atomic mass is 79.9. The maximum absolute atomic E-state index is 14.3. The summed E-state index contributed by atoms with van der Waals surface area (Å²) in [4.78, 5) is 0. The van der Waals surface area contributed by atoms with E-state index in [2.05, 4.69) is 28.2 Å². The van der Waals surface area contributed by atoms with E-state index in [4.69, 9.17) is 23.2 Å². The summed E-state index contributed by atoms with van der Waals surface area (Å²) in [5.41, 5.74) is 1.38. The molecule has 1 unspecified atom stereocenters. The summed E-state index contributed by atoms with van der Waals surface area (Å²) in [5, 5.41) is 4.43. The van der Waals surface area contributed by atoms with Crippen LogP contribution >= 0.6 is 39.1 Å². The van der Waals surface area contributed by atoms with Gasteiger partial charge in [-0.1, -0.05) is 58.2 Å². The highest BCUT2D eigenvalue weighted by Crippen LogP contribution is 2.32. The lowest BCUT2D eigenvalue weighted by Crippen LogP contribution is -2.24. The SMILES string of the molecule is CCCNC(c1ccc(Br)cc1F)c1ccc(Cl)cc1Cl. The van der Waals surface area contributed by atoms with E-state index in [-0.39, 0.29) is 11.9 Å². The molecule has 0 aliphatic heterocycles. The molecule has 0 heterocycles. The summed E-state index contributed by atoms with van der Waals surface area (Å²) in [6.07, 6.45) is 0.944. The Morgan fingerprint density at radius 3 is 2.48 bits per heavy atom. The molecule has 2 aromatic carbocycles. The molecule has 0 spiro atoms. The first-order chi connectivity index (χ1) is 10.0. The fraction of sp³-hybridized carbons (Fsp3) is 0.250. The Morgan fingerprint density at radius 2 is 1.86 bits per heavy atom. The Hall–Kier alpha value is -0.610. The van der Waals surface area contributed by atoms with Crippen molar-refractivity contribution in [3.05, 3.63) is 67.9 Å². The van der Waals surface area contributed by atoms with Crippen molar-refractivity contribution in [2.75, 3.05) is 6.54 Å². The average molecular weight is 391 g/mol. The van der Waals surface area contributed by atoms with Gasteiger partial charge in [0.2, 0.25) is 0 Å². The van der Waals surface area contributed by atoms with Gasteiger partial charge in [0.05, 0.1) is 6.04 Å². The van der Waals surface area contributed by atoms with Crippen LogP contribution in [0.25, 0.3) is 0 Å². The maximum Gasteiger partial charge on any atom is 0.129 e. The van der Waals surface area contributed by atoms with Crippen molar-refractivity contribution in [1.82, 2.24) is 5.32 Å². The third-order valence-corrected chi connectivity index (χ3v) is 4.20. The molecule has 2 aromatic rings. The van der Waals surface area contributed by atoms with E-state index in [0.29, 0.717) is 20.1 Å². The van der Waals surface area contributed by atoms with E-state index >= 15 is 0 Å². The molecule has 0 bridgehead atoms. The van der Waals surface area contributed by atoms with Crippen molar-refractivity contribution in [3.63, 3.8) is 0 Å². The van der Waals surface area contributed by atoms with Crippen LogP contribution in [0.4, 0.5) is 4.39 Å². The van der Waals surface area contributed by atoms with E-state index in [9.17, 15) is 4.39 Å². The monoisotopic (exact) mass is 389 g/mol. The summed E-state index contributed by atoms with van der Waals surface area (Å²) in [7, 11) is 0. The highest BCUT2D eigenvalue weighted by molar-refractivity contribution is 9.10. The number of hydrogen-bond acceptors (Lipinski definition) is 1. The predicted molar refractivity (Wildman–Crippen MR) is 90.7 cm³/mol. The number of benzene rings is 2. The lowest BCUT2D eigenvalue weighted by Gasteiger charge is -2.21. The smallest absolute Gasteiger partial charge is 0.129 e. The van der Waals surface area contributed by atoms with Crippen LogP contribution in [0.1, 0.15) is 30.5 Å². The molecule has 1 N–H and O–H groups in total. The molecular weight excluding hydrogens is 376 g/mol. The molecule has 0 fully saturated rings. The van der Waals surface area contributed by atoms with Crippen LogP contribution in [-0.2, 0) is 0 Å². The van der Waals surface area contributed by atoms with Crippen LogP contribution in [-0.4, -0.2) is 6.54 Å². The van der Waals surface area contributed by atoms with Crippen LogP contribution in [0, 0.1) is 5.82 Å². The van der Waals surface area contributed by atoms with Gasteiger partial charge in [-0.05, 0) is 42.8 Å². The van der Waals surface area contributed by atoms with Crippen LogP contribution in [0.15, 0.2) is 40.9 Å². The Morgan fingerprint density at radius 1 is 1.14 bits per heavy atom. The standard InChI is InChI=1S/C16H15BrCl2FN/c1-2-7-21-16(12-6-4-11(18)9-14(12)19)13-5-3-10(17)8-15(13)20/h3-6,8-9,16,21H,2,7H2,1H3. The van der Waals surface area contributed by atoms with Crippen molar-refractivity contribution >= 4 is 39.1 Å². The average Bonchev–Trinajstić information content (AvgIpc) is 2.42. The van der Waals surface area contributed by atoms with Crippen molar-refractivity contribution in [2.45, 2.75) is 19.4 Å². The third kappa shape index (κ3) is 4.19. The number of hydrogen-bond donors (Lipinski definition) is 1. The van der Waals surface area contributed by atoms with Gasteiger partial charge in [0.25, 0.3) is 0 Å². The van der Waals surface area contributed by atoms with Crippen LogP contribution in [0.5, 0.6) is 0 Å². The quantitative estimate of drug-likeness (QED) is 0.661. The van der Waals surface area contributed by atoms with E-state index in [0.717, 1.165) is 18.5 Å². The minimum atomic E-state index is -0.303. The van der Waals surface area contributed by atoms with Crippen LogP contribution in [0.2, 0.25) is 10.0 Å². The zero-order valence-electron chi connectivity index (χ0n) is 11.5. The first-order valence-corrected chi connectivity index (χ1v) is 8.21.